The number of rotatable bonds is 4. The quantitative estimate of drug-likeness (QED) is 0.896. The van der Waals surface area contributed by atoms with Gasteiger partial charge >= 0.3 is 5.97 Å². The summed E-state index contributed by atoms with van der Waals surface area (Å²) in [5.41, 5.74) is 0.579. The number of nitrogens with zero attached hydrogens (tertiary/aromatic N) is 1. The molecule has 1 aliphatic heterocycles. The summed E-state index contributed by atoms with van der Waals surface area (Å²) < 4.78 is 18.3. The molecular formula is C14H16FNO4. The van der Waals surface area contributed by atoms with Crippen LogP contribution in [0.5, 0.6) is 0 Å². The first-order valence-electron chi connectivity index (χ1n) is 6.39. The highest BCUT2D eigenvalue weighted by molar-refractivity contribution is 5.80. The Balaban J connectivity index is 2.04. The lowest BCUT2D eigenvalue weighted by Gasteiger charge is -2.35. The summed E-state index contributed by atoms with van der Waals surface area (Å²) in [5.74, 6) is -1.56. The molecule has 1 atom stereocenters. The molecular weight excluding hydrogens is 265 g/mol. The number of carboxylic acid groups (broad SMARTS) is 1. The van der Waals surface area contributed by atoms with Crippen molar-refractivity contribution in [1.29, 1.82) is 0 Å². The number of aliphatic carboxylic acids is 1. The molecule has 1 heterocycles. The standard InChI is InChI=1S/C14H16FNO4/c15-11-3-1-2-10(6-11)7-13(17)16-4-5-20-9-12(16)8-14(18)19/h1-3,6,12H,4-5,7-9H2,(H,18,19)/t12-/m1/s1. The molecule has 1 saturated heterocycles. The first-order chi connectivity index (χ1) is 9.56. The van der Waals surface area contributed by atoms with Gasteiger partial charge in [0, 0.05) is 6.54 Å². The number of hydrogen-bond acceptors (Lipinski definition) is 3. The van der Waals surface area contributed by atoms with Gasteiger partial charge in [-0.05, 0) is 17.7 Å². The van der Waals surface area contributed by atoms with Crippen LogP contribution in [-0.2, 0) is 20.7 Å². The molecule has 0 spiro atoms. The van der Waals surface area contributed by atoms with E-state index in [4.69, 9.17) is 9.84 Å². The molecule has 1 aromatic carbocycles. The van der Waals surface area contributed by atoms with Crippen molar-refractivity contribution in [1.82, 2.24) is 4.90 Å². The van der Waals surface area contributed by atoms with Gasteiger partial charge in [-0.1, -0.05) is 12.1 Å². The summed E-state index contributed by atoms with van der Waals surface area (Å²) in [6.45, 7) is 0.984. The summed E-state index contributed by atoms with van der Waals surface area (Å²) in [6.07, 6.45) is -0.0806. The molecule has 0 aromatic heterocycles. The second-order valence-electron chi connectivity index (χ2n) is 4.72. The van der Waals surface area contributed by atoms with Gasteiger partial charge in [-0.3, -0.25) is 9.59 Å². The van der Waals surface area contributed by atoms with Crippen LogP contribution in [0.15, 0.2) is 24.3 Å². The van der Waals surface area contributed by atoms with E-state index < -0.39 is 12.0 Å². The third kappa shape index (κ3) is 3.77. The summed E-state index contributed by atoms with van der Waals surface area (Å²) in [6, 6.07) is 5.39. The van der Waals surface area contributed by atoms with E-state index in [9.17, 15) is 14.0 Å². The van der Waals surface area contributed by atoms with Crippen molar-refractivity contribution in [2.45, 2.75) is 18.9 Å². The number of carbonyl (C=O) groups excluding carboxylic acids is 1. The van der Waals surface area contributed by atoms with Crippen molar-refractivity contribution < 1.29 is 23.8 Å². The maximum absolute atomic E-state index is 13.1. The Labute approximate surface area is 116 Å². The number of halogens is 1. The molecule has 0 unspecified atom stereocenters. The van der Waals surface area contributed by atoms with Crippen molar-refractivity contribution in [3.8, 4) is 0 Å². The Hall–Kier alpha value is -1.95. The predicted molar refractivity (Wildman–Crippen MR) is 68.7 cm³/mol. The highest BCUT2D eigenvalue weighted by Gasteiger charge is 2.28. The van der Waals surface area contributed by atoms with Crippen molar-refractivity contribution in [3.63, 3.8) is 0 Å². The number of carbonyl (C=O) groups is 2. The minimum absolute atomic E-state index is 0.0634. The first kappa shape index (κ1) is 14.5. The van der Waals surface area contributed by atoms with Crippen LogP contribution in [0.4, 0.5) is 4.39 Å². The summed E-state index contributed by atoms with van der Waals surface area (Å²) in [7, 11) is 0. The molecule has 1 amide bonds. The van der Waals surface area contributed by atoms with E-state index in [0.717, 1.165) is 0 Å². The number of morpholine rings is 1. The fourth-order valence-electron chi connectivity index (χ4n) is 2.28. The zero-order valence-electron chi connectivity index (χ0n) is 10.9. The van der Waals surface area contributed by atoms with E-state index in [0.29, 0.717) is 18.7 Å². The van der Waals surface area contributed by atoms with Crippen LogP contribution in [0.25, 0.3) is 0 Å². The van der Waals surface area contributed by atoms with Gasteiger partial charge in [0.25, 0.3) is 0 Å². The SMILES string of the molecule is O=C(O)C[C@@H]1COCCN1C(=O)Cc1cccc(F)c1. The van der Waals surface area contributed by atoms with E-state index in [-0.39, 0.29) is 31.2 Å². The molecule has 1 fully saturated rings. The molecule has 1 N–H and O–H groups in total. The zero-order valence-corrected chi connectivity index (χ0v) is 10.9. The number of hydrogen-bond donors (Lipinski definition) is 1. The van der Waals surface area contributed by atoms with Gasteiger partial charge in [0.1, 0.15) is 5.82 Å². The molecule has 0 bridgehead atoms. The summed E-state index contributed by atoms with van der Waals surface area (Å²) >= 11 is 0. The average molecular weight is 281 g/mol. The second kappa shape index (κ2) is 6.47. The molecule has 1 aromatic rings. The fraction of sp³-hybridized carbons (Fsp3) is 0.429. The van der Waals surface area contributed by atoms with Crippen LogP contribution in [0.3, 0.4) is 0 Å². The van der Waals surface area contributed by atoms with Gasteiger partial charge in [-0.15, -0.1) is 0 Å². The topological polar surface area (TPSA) is 66.8 Å². The van der Waals surface area contributed by atoms with Crippen LogP contribution in [0, 0.1) is 5.82 Å². The van der Waals surface area contributed by atoms with Gasteiger partial charge in [0.05, 0.1) is 32.1 Å². The van der Waals surface area contributed by atoms with Crippen molar-refractivity contribution >= 4 is 11.9 Å². The van der Waals surface area contributed by atoms with Crippen LogP contribution in [0.2, 0.25) is 0 Å². The molecule has 5 nitrogen and oxygen atoms in total. The van der Waals surface area contributed by atoms with E-state index in [2.05, 4.69) is 0 Å². The maximum atomic E-state index is 13.1. The molecule has 6 heteroatoms. The predicted octanol–water partition coefficient (Wildman–Crippen LogP) is 1.07. The Morgan fingerprint density at radius 1 is 1.45 bits per heavy atom. The lowest BCUT2D eigenvalue weighted by Crippen LogP contribution is -2.50. The largest absolute Gasteiger partial charge is 0.481 e. The molecule has 108 valence electrons. The summed E-state index contributed by atoms with van der Waals surface area (Å²) in [5, 5.41) is 8.85. The second-order valence-corrected chi connectivity index (χ2v) is 4.72. The molecule has 0 radical (unpaired) electrons. The van der Waals surface area contributed by atoms with E-state index >= 15 is 0 Å². The molecule has 20 heavy (non-hydrogen) atoms. The Kier molecular flexibility index (Phi) is 4.68. The molecule has 2 rings (SSSR count). The van der Waals surface area contributed by atoms with Crippen molar-refractivity contribution in [3.05, 3.63) is 35.6 Å². The zero-order chi connectivity index (χ0) is 14.5. The third-order valence-corrected chi connectivity index (χ3v) is 3.20. The molecule has 1 aliphatic rings. The van der Waals surface area contributed by atoms with Crippen LogP contribution < -0.4 is 0 Å². The van der Waals surface area contributed by atoms with Gasteiger partial charge in [0.2, 0.25) is 5.91 Å². The summed E-state index contributed by atoms with van der Waals surface area (Å²) in [4.78, 5) is 24.5. The normalized spacial score (nSPS) is 18.9. The smallest absolute Gasteiger partial charge is 0.305 e. The number of ether oxygens (including phenoxy) is 1. The maximum Gasteiger partial charge on any atom is 0.305 e. The molecule has 0 saturated carbocycles. The van der Waals surface area contributed by atoms with Gasteiger partial charge in [-0.25, -0.2) is 4.39 Å². The lowest BCUT2D eigenvalue weighted by atomic mass is 10.1. The Bertz CT molecular complexity index is 506. The van der Waals surface area contributed by atoms with Crippen molar-refractivity contribution in [2.24, 2.45) is 0 Å². The van der Waals surface area contributed by atoms with Crippen molar-refractivity contribution in [2.75, 3.05) is 19.8 Å². The fourth-order valence-corrected chi connectivity index (χ4v) is 2.28. The van der Waals surface area contributed by atoms with Crippen LogP contribution in [0.1, 0.15) is 12.0 Å². The van der Waals surface area contributed by atoms with E-state index in [1.54, 1.807) is 12.1 Å². The van der Waals surface area contributed by atoms with E-state index in [1.165, 1.54) is 17.0 Å². The lowest BCUT2D eigenvalue weighted by molar-refractivity contribution is -0.145. The highest BCUT2D eigenvalue weighted by Crippen LogP contribution is 2.14. The molecule has 0 aliphatic carbocycles. The highest BCUT2D eigenvalue weighted by atomic mass is 19.1. The van der Waals surface area contributed by atoms with Gasteiger partial charge in [-0.2, -0.15) is 0 Å². The average Bonchev–Trinajstić information content (AvgIpc) is 2.38. The number of carboxylic acids is 1. The van der Waals surface area contributed by atoms with Gasteiger partial charge < -0.3 is 14.7 Å². The third-order valence-electron chi connectivity index (χ3n) is 3.20. The first-order valence-corrected chi connectivity index (χ1v) is 6.39. The van der Waals surface area contributed by atoms with E-state index in [1.807, 2.05) is 0 Å². The Morgan fingerprint density at radius 2 is 2.25 bits per heavy atom. The monoisotopic (exact) mass is 281 g/mol. The van der Waals surface area contributed by atoms with Gasteiger partial charge in [0.15, 0.2) is 0 Å². The number of benzene rings is 1. The van der Waals surface area contributed by atoms with Crippen LogP contribution >= 0.6 is 0 Å². The number of amides is 1. The minimum Gasteiger partial charge on any atom is -0.481 e. The van der Waals surface area contributed by atoms with Crippen LogP contribution in [-0.4, -0.2) is 47.7 Å². The Morgan fingerprint density at radius 3 is 2.95 bits per heavy atom. The minimum atomic E-state index is -0.968.